The minimum atomic E-state index is -0.140. The Kier molecular flexibility index (Phi) is 9.11. The summed E-state index contributed by atoms with van der Waals surface area (Å²) in [6, 6.07) is -0.140. The van der Waals surface area contributed by atoms with E-state index in [4.69, 9.17) is 9.47 Å². The number of rotatable bonds is 8. The third-order valence-electron chi connectivity index (χ3n) is 4.67. The number of nitrogens with one attached hydrogen (secondary N) is 2. The van der Waals surface area contributed by atoms with E-state index in [1.165, 1.54) is 0 Å². The van der Waals surface area contributed by atoms with Crippen LogP contribution < -0.4 is 10.6 Å². The van der Waals surface area contributed by atoms with E-state index < -0.39 is 0 Å². The summed E-state index contributed by atoms with van der Waals surface area (Å²) < 4.78 is 11.5. The molecule has 0 bridgehead atoms. The van der Waals surface area contributed by atoms with Crippen molar-refractivity contribution in [3.8, 4) is 0 Å². The molecule has 0 saturated carbocycles. The molecule has 0 aromatic carbocycles. The fraction of sp³-hybridized carbons (Fsp3) is 0.947. The Morgan fingerprint density at radius 1 is 0.885 bits per heavy atom. The normalized spacial score (nSPS) is 25.6. The van der Waals surface area contributed by atoms with Crippen LogP contribution >= 0.6 is 0 Å². The van der Waals surface area contributed by atoms with Crippen LogP contribution in [0.2, 0.25) is 0 Å². The molecule has 2 amide bonds. The first-order chi connectivity index (χ1) is 12.4. The van der Waals surface area contributed by atoms with Crippen molar-refractivity contribution in [2.45, 2.75) is 39.9 Å². The van der Waals surface area contributed by atoms with Crippen molar-refractivity contribution >= 4 is 6.03 Å². The van der Waals surface area contributed by atoms with Crippen molar-refractivity contribution in [2.75, 3.05) is 65.6 Å². The lowest BCUT2D eigenvalue weighted by Gasteiger charge is -2.34. The number of carbonyl (C=O) groups excluding carboxylic acids is 1. The molecule has 2 saturated heterocycles. The highest BCUT2D eigenvalue weighted by Gasteiger charge is 2.23. The van der Waals surface area contributed by atoms with Gasteiger partial charge < -0.3 is 20.1 Å². The summed E-state index contributed by atoms with van der Waals surface area (Å²) in [5.41, 5.74) is 0. The standard InChI is InChI=1S/C19H38N4O3/c1-15(2)11-22-5-7-25-17(13-22)9-20-19(24)21-10-18-14-23(6-8-26-18)12-16(3)4/h15-18H,5-14H2,1-4H3,(H2,20,21,24). The van der Waals surface area contributed by atoms with Crippen molar-refractivity contribution in [1.29, 1.82) is 0 Å². The van der Waals surface area contributed by atoms with Gasteiger partial charge in [-0.05, 0) is 11.8 Å². The van der Waals surface area contributed by atoms with E-state index in [1.54, 1.807) is 0 Å². The van der Waals surface area contributed by atoms with Gasteiger partial charge in [0, 0.05) is 52.4 Å². The Hall–Kier alpha value is -0.890. The van der Waals surface area contributed by atoms with Crippen molar-refractivity contribution in [1.82, 2.24) is 20.4 Å². The molecule has 7 nitrogen and oxygen atoms in total. The van der Waals surface area contributed by atoms with Gasteiger partial charge in [-0.3, -0.25) is 9.80 Å². The fourth-order valence-corrected chi connectivity index (χ4v) is 3.65. The number of carbonyl (C=O) groups is 1. The molecule has 0 aromatic heterocycles. The van der Waals surface area contributed by atoms with Gasteiger partial charge in [-0.25, -0.2) is 4.79 Å². The molecular weight excluding hydrogens is 332 g/mol. The number of ether oxygens (including phenoxy) is 2. The first kappa shape index (κ1) is 21.4. The van der Waals surface area contributed by atoms with Crippen LogP contribution in [0.25, 0.3) is 0 Å². The third kappa shape index (κ3) is 8.20. The molecule has 0 aliphatic carbocycles. The SMILES string of the molecule is CC(C)CN1CCOC(CNC(=O)NCC2CN(CC(C)C)CCO2)C1. The Morgan fingerprint density at radius 3 is 1.69 bits per heavy atom. The Morgan fingerprint density at radius 2 is 1.31 bits per heavy atom. The molecule has 2 fully saturated rings. The van der Waals surface area contributed by atoms with E-state index in [0.29, 0.717) is 24.9 Å². The molecule has 152 valence electrons. The molecule has 2 heterocycles. The monoisotopic (exact) mass is 370 g/mol. The second kappa shape index (κ2) is 11.1. The summed E-state index contributed by atoms with van der Waals surface area (Å²) in [5.74, 6) is 1.30. The molecule has 2 rings (SSSR count). The highest BCUT2D eigenvalue weighted by molar-refractivity contribution is 5.73. The number of nitrogens with zero attached hydrogens (tertiary/aromatic N) is 2. The molecule has 2 N–H and O–H groups in total. The molecule has 0 spiro atoms. The highest BCUT2D eigenvalue weighted by atomic mass is 16.5. The smallest absolute Gasteiger partial charge is 0.314 e. The highest BCUT2D eigenvalue weighted by Crippen LogP contribution is 2.08. The molecule has 26 heavy (non-hydrogen) atoms. The van der Waals surface area contributed by atoms with Gasteiger partial charge in [0.05, 0.1) is 25.4 Å². The summed E-state index contributed by atoms with van der Waals surface area (Å²) in [6.45, 7) is 17.4. The number of hydrogen-bond donors (Lipinski definition) is 2. The number of amides is 2. The second-order valence-electron chi connectivity index (χ2n) is 8.38. The molecule has 2 atom stereocenters. The van der Waals surface area contributed by atoms with Crippen LogP contribution in [0.15, 0.2) is 0 Å². The number of hydrogen-bond acceptors (Lipinski definition) is 5. The largest absolute Gasteiger partial charge is 0.374 e. The van der Waals surface area contributed by atoms with E-state index in [9.17, 15) is 4.79 Å². The zero-order valence-corrected chi connectivity index (χ0v) is 17.0. The average molecular weight is 371 g/mol. The predicted octanol–water partition coefficient (Wildman–Crippen LogP) is 0.999. The van der Waals surface area contributed by atoms with Crippen LogP contribution in [0.4, 0.5) is 4.79 Å². The molecule has 2 aliphatic rings. The van der Waals surface area contributed by atoms with E-state index >= 15 is 0 Å². The maximum atomic E-state index is 12.1. The van der Waals surface area contributed by atoms with E-state index in [0.717, 1.165) is 52.5 Å². The quantitative estimate of drug-likeness (QED) is 0.667. The Labute approximate surface area is 158 Å². The summed E-state index contributed by atoms with van der Waals surface area (Å²) in [5, 5.41) is 5.88. The van der Waals surface area contributed by atoms with Crippen molar-refractivity contribution in [2.24, 2.45) is 11.8 Å². The summed E-state index contributed by atoms with van der Waals surface area (Å²) in [4.78, 5) is 16.9. The minimum absolute atomic E-state index is 0.0701. The maximum Gasteiger partial charge on any atom is 0.314 e. The summed E-state index contributed by atoms with van der Waals surface area (Å²) in [7, 11) is 0. The molecule has 0 aromatic rings. The first-order valence-electron chi connectivity index (χ1n) is 10.1. The maximum absolute atomic E-state index is 12.1. The van der Waals surface area contributed by atoms with Gasteiger partial charge in [0.25, 0.3) is 0 Å². The van der Waals surface area contributed by atoms with Crippen molar-refractivity contribution in [3.05, 3.63) is 0 Å². The molecular formula is C19H38N4O3. The summed E-state index contributed by atoms with van der Waals surface area (Å²) >= 11 is 0. The zero-order valence-electron chi connectivity index (χ0n) is 17.0. The lowest BCUT2D eigenvalue weighted by Crippen LogP contribution is -2.52. The van der Waals surface area contributed by atoms with Crippen LogP contribution in [0.3, 0.4) is 0 Å². The van der Waals surface area contributed by atoms with Gasteiger partial charge in [-0.1, -0.05) is 27.7 Å². The third-order valence-corrected chi connectivity index (χ3v) is 4.67. The fourth-order valence-electron chi connectivity index (χ4n) is 3.65. The van der Waals surface area contributed by atoms with E-state index in [2.05, 4.69) is 48.1 Å². The first-order valence-corrected chi connectivity index (χ1v) is 10.1. The molecule has 2 aliphatic heterocycles. The Balaban J connectivity index is 1.61. The van der Waals surface area contributed by atoms with E-state index in [1.807, 2.05) is 0 Å². The van der Waals surface area contributed by atoms with Gasteiger partial charge in [0.2, 0.25) is 0 Å². The number of urea groups is 1. The van der Waals surface area contributed by atoms with Crippen molar-refractivity contribution < 1.29 is 14.3 Å². The van der Waals surface area contributed by atoms with Gasteiger partial charge in [-0.2, -0.15) is 0 Å². The van der Waals surface area contributed by atoms with Crippen LogP contribution in [-0.2, 0) is 9.47 Å². The van der Waals surface area contributed by atoms with Crippen LogP contribution in [0, 0.1) is 11.8 Å². The molecule has 7 heteroatoms. The lowest BCUT2D eigenvalue weighted by atomic mass is 10.2. The van der Waals surface area contributed by atoms with Crippen LogP contribution in [0.1, 0.15) is 27.7 Å². The van der Waals surface area contributed by atoms with Crippen LogP contribution in [-0.4, -0.2) is 93.6 Å². The predicted molar refractivity (Wildman–Crippen MR) is 103 cm³/mol. The lowest BCUT2D eigenvalue weighted by molar-refractivity contribution is -0.0310. The van der Waals surface area contributed by atoms with Crippen molar-refractivity contribution in [3.63, 3.8) is 0 Å². The summed E-state index contributed by atoms with van der Waals surface area (Å²) in [6.07, 6.45) is 0.140. The molecule has 2 unspecified atom stereocenters. The molecule has 0 radical (unpaired) electrons. The van der Waals surface area contributed by atoms with Gasteiger partial charge in [0.15, 0.2) is 0 Å². The number of morpholine rings is 2. The Bertz CT molecular complexity index is 384. The minimum Gasteiger partial charge on any atom is -0.374 e. The van der Waals surface area contributed by atoms with Gasteiger partial charge in [0.1, 0.15) is 0 Å². The van der Waals surface area contributed by atoms with E-state index in [-0.39, 0.29) is 18.2 Å². The second-order valence-corrected chi connectivity index (χ2v) is 8.38. The van der Waals surface area contributed by atoms with Gasteiger partial charge >= 0.3 is 6.03 Å². The van der Waals surface area contributed by atoms with Gasteiger partial charge in [-0.15, -0.1) is 0 Å². The zero-order chi connectivity index (χ0) is 18.9. The topological polar surface area (TPSA) is 66.1 Å². The average Bonchev–Trinajstić information content (AvgIpc) is 2.58. The van der Waals surface area contributed by atoms with Crippen LogP contribution in [0.5, 0.6) is 0 Å².